The molecule has 0 aliphatic heterocycles. The summed E-state index contributed by atoms with van der Waals surface area (Å²) >= 11 is 5.59. The Morgan fingerprint density at radius 1 is 1.56 bits per heavy atom. The largest absolute Gasteiger partial charge is 0.465 e. The second-order valence-corrected chi connectivity index (χ2v) is 3.65. The molecule has 0 radical (unpaired) electrons. The van der Waals surface area contributed by atoms with Gasteiger partial charge in [-0.2, -0.15) is 5.26 Å². The van der Waals surface area contributed by atoms with Crippen LogP contribution < -0.4 is 0 Å². The normalized spacial score (nSPS) is 9.56. The number of methoxy groups -OCH3 is 1. The fourth-order valence-corrected chi connectivity index (χ4v) is 1.53. The van der Waals surface area contributed by atoms with E-state index in [1.54, 1.807) is 18.2 Å². The molecule has 0 atom stereocenters. The van der Waals surface area contributed by atoms with Gasteiger partial charge in [0.05, 0.1) is 24.3 Å². The zero-order chi connectivity index (χ0) is 12.0. The minimum absolute atomic E-state index is 0.397. The van der Waals surface area contributed by atoms with E-state index in [9.17, 15) is 4.79 Å². The van der Waals surface area contributed by atoms with E-state index in [-0.39, 0.29) is 0 Å². The Labute approximate surface area is 99.6 Å². The molecule has 84 valence electrons. The van der Waals surface area contributed by atoms with E-state index in [1.807, 2.05) is 0 Å². The third-order valence-corrected chi connectivity index (χ3v) is 2.50. The lowest BCUT2D eigenvalue weighted by molar-refractivity contribution is 0.0600. The van der Waals surface area contributed by atoms with Gasteiger partial charge in [0.1, 0.15) is 0 Å². The number of carbonyl (C=O) groups excluding carboxylic acids is 1. The van der Waals surface area contributed by atoms with Crippen LogP contribution in [0.5, 0.6) is 0 Å². The average Bonchev–Trinajstić information content (AvgIpc) is 2.35. The van der Waals surface area contributed by atoms with Crippen LogP contribution in [-0.2, 0) is 11.2 Å². The zero-order valence-electron chi connectivity index (χ0n) is 9.00. The SMILES string of the molecule is COC(=O)c1ccc(CCCCl)c(C#N)c1. The molecule has 0 spiro atoms. The molecule has 0 heterocycles. The molecule has 1 aromatic rings. The third kappa shape index (κ3) is 2.98. The van der Waals surface area contributed by atoms with Crippen LogP contribution >= 0.6 is 11.6 Å². The number of nitrogens with zero attached hydrogens (tertiary/aromatic N) is 1. The number of rotatable bonds is 4. The van der Waals surface area contributed by atoms with Crippen molar-refractivity contribution in [2.24, 2.45) is 0 Å². The van der Waals surface area contributed by atoms with Gasteiger partial charge in [0, 0.05) is 5.88 Å². The maximum atomic E-state index is 11.3. The number of aryl methyl sites for hydroxylation is 1. The average molecular weight is 238 g/mol. The van der Waals surface area contributed by atoms with Crippen LogP contribution in [0.15, 0.2) is 18.2 Å². The summed E-state index contributed by atoms with van der Waals surface area (Å²) in [6.07, 6.45) is 1.56. The summed E-state index contributed by atoms with van der Waals surface area (Å²) in [5.74, 6) is 0.129. The molecular weight excluding hydrogens is 226 g/mol. The van der Waals surface area contributed by atoms with Crippen LogP contribution in [0.3, 0.4) is 0 Å². The number of hydrogen-bond acceptors (Lipinski definition) is 3. The number of alkyl halides is 1. The molecule has 1 aromatic carbocycles. The first kappa shape index (κ1) is 12.5. The molecule has 0 saturated carbocycles. The van der Waals surface area contributed by atoms with E-state index in [4.69, 9.17) is 16.9 Å². The zero-order valence-corrected chi connectivity index (χ0v) is 9.75. The highest BCUT2D eigenvalue weighted by atomic mass is 35.5. The summed E-state index contributed by atoms with van der Waals surface area (Å²) in [5.41, 5.74) is 1.82. The number of carbonyl (C=O) groups is 1. The van der Waals surface area contributed by atoms with Gasteiger partial charge in [0.25, 0.3) is 0 Å². The number of ether oxygens (including phenoxy) is 1. The van der Waals surface area contributed by atoms with E-state index in [1.165, 1.54) is 7.11 Å². The minimum atomic E-state index is -0.430. The van der Waals surface area contributed by atoms with Gasteiger partial charge in [-0.25, -0.2) is 4.79 Å². The Hall–Kier alpha value is -1.53. The van der Waals surface area contributed by atoms with Crippen molar-refractivity contribution >= 4 is 17.6 Å². The summed E-state index contributed by atoms with van der Waals surface area (Å²) < 4.78 is 4.59. The van der Waals surface area contributed by atoms with Gasteiger partial charge in [-0.3, -0.25) is 0 Å². The molecule has 4 heteroatoms. The number of hydrogen-bond donors (Lipinski definition) is 0. The van der Waals surface area contributed by atoms with Gasteiger partial charge < -0.3 is 4.74 Å². The van der Waals surface area contributed by atoms with Crippen LogP contribution in [0.25, 0.3) is 0 Å². The Balaban J connectivity index is 2.98. The van der Waals surface area contributed by atoms with Crippen LogP contribution in [0.4, 0.5) is 0 Å². The van der Waals surface area contributed by atoms with Crippen LogP contribution in [-0.4, -0.2) is 19.0 Å². The van der Waals surface area contributed by atoms with Crippen molar-refractivity contribution < 1.29 is 9.53 Å². The second-order valence-electron chi connectivity index (χ2n) is 3.27. The van der Waals surface area contributed by atoms with Crippen molar-refractivity contribution in [2.75, 3.05) is 13.0 Å². The predicted molar refractivity (Wildman–Crippen MR) is 61.5 cm³/mol. The van der Waals surface area contributed by atoms with Crippen molar-refractivity contribution in [1.29, 1.82) is 5.26 Å². The molecule has 0 aromatic heterocycles. The van der Waals surface area contributed by atoms with E-state index in [0.29, 0.717) is 17.0 Å². The lowest BCUT2D eigenvalue weighted by Gasteiger charge is -2.05. The van der Waals surface area contributed by atoms with Gasteiger partial charge in [-0.15, -0.1) is 11.6 Å². The van der Waals surface area contributed by atoms with Gasteiger partial charge in [-0.1, -0.05) is 6.07 Å². The highest BCUT2D eigenvalue weighted by Crippen LogP contribution is 2.14. The Morgan fingerprint density at radius 2 is 2.31 bits per heavy atom. The summed E-state index contributed by atoms with van der Waals surface area (Å²) in [6.45, 7) is 0. The van der Waals surface area contributed by atoms with Crippen LogP contribution in [0.2, 0.25) is 0 Å². The topological polar surface area (TPSA) is 50.1 Å². The molecule has 0 bridgehead atoms. The van der Waals surface area contributed by atoms with Crippen molar-refractivity contribution in [3.63, 3.8) is 0 Å². The fraction of sp³-hybridized carbons (Fsp3) is 0.333. The van der Waals surface area contributed by atoms with Crippen LogP contribution in [0, 0.1) is 11.3 Å². The summed E-state index contributed by atoms with van der Waals surface area (Å²) in [7, 11) is 1.32. The maximum Gasteiger partial charge on any atom is 0.337 e. The van der Waals surface area contributed by atoms with Crippen molar-refractivity contribution in [1.82, 2.24) is 0 Å². The van der Waals surface area contributed by atoms with Gasteiger partial charge in [-0.05, 0) is 30.5 Å². The van der Waals surface area contributed by atoms with Gasteiger partial charge >= 0.3 is 5.97 Å². The van der Waals surface area contributed by atoms with Gasteiger partial charge in [0.2, 0.25) is 0 Å². The molecule has 1 rings (SSSR count). The first-order valence-corrected chi connectivity index (χ1v) is 5.43. The van der Waals surface area contributed by atoms with Crippen LogP contribution in [0.1, 0.15) is 27.9 Å². The highest BCUT2D eigenvalue weighted by Gasteiger charge is 2.09. The monoisotopic (exact) mass is 237 g/mol. The van der Waals surface area contributed by atoms with Gasteiger partial charge in [0.15, 0.2) is 0 Å². The summed E-state index contributed by atoms with van der Waals surface area (Å²) in [6, 6.07) is 7.06. The second kappa shape index (κ2) is 6.14. The number of halogens is 1. The Kier molecular flexibility index (Phi) is 4.81. The molecule has 3 nitrogen and oxygen atoms in total. The Bertz CT molecular complexity index is 424. The molecule has 0 amide bonds. The first-order chi connectivity index (χ1) is 7.72. The van der Waals surface area contributed by atoms with E-state index in [2.05, 4.69) is 10.8 Å². The first-order valence-electron chi connectivity index (χ1n) is 4.90. The molecular formula is C12H12ClNO2. The minimum Gasteiger partial charge on any atom is -0.465 e. The molecule has 0 N–H and O–H groups in total. The molecule has 0 unspecified atom stereocenters. The van der Waals surface area contributed by atoms with E-state index >= 15 is 0 Å². The number of esters is 1. The summed E-state index contributed by atoms with van der Waals surface area (Å²) in [4.78, 5) is 11.3. The predicted octanol–water partition coefficient (Wildman–Crippen LogP) is 2.52. The number of nitriles is 1. The molecule has 0 fully saturated rings. The Morgan fingerprint density at radius 3 is 2.88 bits per heavy atom. The molecule has 0 saturated heterocycles. The molecule has 16 heavy (non-hydrogen) atoms. The quantitative estimate of drug-likeness (QED) is 0.597. The molecule has 0 aliphatic rings. The van der Waals surface area contributed by atoms with Crippen molar-refractivity contribution in [3.05, 3.63) is 34.9 Å². The number of benzene rings is 1. The van der Waals surface area contributed by atoms with Crippen molar-refractivity contribution in [3.8, 4) is 6.07 Å². The van der Waals surface area contributed by atoms with E-state index < -0.39 is 5.97 Å². The summed E-state index contributed by atoms with van der Waals surface area (Å²) in [5, 5.41) is 8.96. The molecule has 0 aliphatic carbocycles. The fourth-order valence-electron chi connectivity index (χ4n) is 1.40. The lowest BCUT2D eigenvalue weighted by atomic mass is 10.0. The maximum absolute atomic E-state index is 11.3. The lowest BCUT2D eigenvalue weighted by Crippen LogP contribution is -2.03. The smallest absolute Gasteiger partial charge is 0.337 e. The van der Waals surface area contributed by atoms with Crippen molar-refractivity contribution in [2.45, 2.75) is 12.8 Å². The standard InChI is InChI=1S/C12H12ClNO2/c1-16-12(15)10-5-4-9(3-2-6-13)11(7-10)8-14/h4-5,7H,2-3,6H2,1H3. The van der Waals surface area contributed by atoms with E-state index in [0.717, 1.165) is 18.4 Å². The highest BCUT2D eigenvalue weighted by molar-refractivity contribution is 6.17. The third-order valence-electron chi connectivity index (χ3n) is 2.23.